The topological polar surface area (TPSA) is 79.5 Å². The molecule has 10 heteroatoms. The van der Waals surface area contributed by atoms with Gasteiger partial charge in [-0.2, -0.15) is 0 Å². The number of methoxy groups -OCH3 is 4. The third kappa shape index (κ3) is 6.03. The van der Waals surface area contributed by atoms with E-state index in [0.717, 1.165) is 121 Å². The van der Waals surface area contributed by atoms with Crippen LogP contribution in [-0.4, -0.2) is 49.4 Å². The Morgan fingerprint density at radius 3 is 1.55 bits per heavy atom. The van der Waals surface area contributed by atoms with Gasteiger partial charge in [-0.05, 0) is 131 Å². The molecule has 0 saturated heterocycles. The van der Waals surface area contributed by atoms with E-state index in [0.29, 0.717) is 5.82 Å². The largest absolute Gasteiger partial charge is 0.497 e. The summed E-state index contributed by atoms with van der Waals surface area (Å²) in [7, 11) is 6.71. The number of fused-ring (bicyclic) bond motifs is 9. The Morgan fingerprint density at radius 1 is 0.516 bits per heavy atom. The van der Waals surface area contributed by atoms with Crippen LogP contribution in [0.2, 0.25) is 0 Å². The van der Waals surface area contributed by atoms with Crippen LogP contribution in [0.15, 0.2) is 184 Å². The van der Waals surface area contributed by atoms with E-state index in [-0.39, 0.29) is 0 Å². The number of halogens is 2. The molecule has 7 aromatic carbocycles. The van der Waals surface area contributed by atoms with E-state index in [4.69, 9.17) is 33.9 Å². The first-order valence-electron chi connectivity index (χ1n) is 20.7. The minimum atomic E-state index is -1.06. The molecule has 1 atom stereocenters. The Labute approximate surface area is 387 Å². The number of hydrogen-bond donors (Lipinski definition) is 0. The number of imidazole rings is 1. The van der Waals surface area contributed by atoms with Gasteiger partial charge in [0.15, 0.2) is 5.82 Å². The number of benzene rings is 7. The molecule has 3 aliphatic rings. The first-order valence-corrected chi connectivity index (χ1v) is 22.3. The molecule has 1 unspecified atom stereocenters. The molecule has 8 nitrogen and oxygen atoms in total. The van der Waals surface area contributed by atoms with E-state index in [1.807, 2.05) is 72.8 Å². The van der Waals surface area contributed by atoms with Crippen LogP contribution in [-0.2, 0) is 5.54 Å². The van der Waals surface area contributed by atoms with Gasteiger partial charge in [-0.3, -0.25) is 0 Å². The highest BCUT2D eigenvalue weighted by Gasteiger charge is 2.55. The van der Waals surface area contributed by atoms with E-state index < -0.39 is 5.54 Å². The van der Waals surface area contributed by atoms with Crippen molar-refractivity contribution in [3.63, 3.8) is 0 Å². The van der Waals surface area contributed by atoms with E-state index in [1.54, 1.807) is 28.4 Å². The number of ether oxygens (including phenoxy) is 4. The summed E-state index contributed by atoms with van der Waals surface area (Å²) in [5, 5.41) is 2.17. The number of rotatable bonds is 8. The van der Waals surface area contributed by atoms with Crippen LogP contribution < -0.4 is 18.9 Å². The molecule has 0 N–H and O–H groups in total. The molecule has 0 fully saturated rings. The zero-order valence-electron chi connectivity index (χ0n) is 35.2. The maximum atomic E-state index is 5.70. The first-order chi connectivity index (χ1) is 31.4. The minimum absolute atomic E-state index is 0.578. The average molecular weight is 967 g/mol. The van der Waals surface area contributed by atoms with Gasteiger partial charge in [0.25, 0.3) is 0 Å². The van der Waals surface area contributed by atoms with Crippen molar-refractivity contribution in [3.05, 3.63) is 201 Å². The lowest BCUT2D eigenvalue weighted by molar-refractivity contribution is 0.414. The molecule has 0 saturated carbocycles. The third-order valence-corrected chi connectivity index (χ3v) is 13.7. The maximum absolute atomic E-state index is 5.70. The van der Waals surface area contributed by atoms with Crippen molar-refractivity contribution < 1.29 is 18.9 Å². The van der Waals surface area contributed by atoms with Gasteiger partial charge in [0.05, 0.1) is 51.3 Å². The summed E-state index contributed by atoms with van der Waals surface area (Å²) in [5.74, 6) is 4.42. The molecule has 0 bridgehead atoms. The summed E-state index contributed by atoms with van der Waals surface area (Å²) in [5.41, 5.74) is 11.0. The molecule has 0 amide bonds. The number of aromatic nitrogens is 2. The van der Waals surface area contributed by atoms with Gasteiger partial charge in [-0.25, -0.2) is 15.0 Å². The molecule has 1 spiro atoms. The standard InChI is InChI=1S/C54H38Br2N4O4/c1-61-35-21-13-31(14-22-35)48-49(32-15-23-36(62-2)24-16-32)58-52(57-48)44-30-46(56)41-11-7-8-12-43(41)54(44)47-40-10-6-5-9-39(40)45(55)29-42(47)53-59-50(33-17-25-37(63-3)26-18-33)51(60(53)54)34-19-27-38(64-4)28-20-34/h5-30H,1-4H3. The van der Waals surface area contributed by atoms with Crippen LogP contribution in [0.1, 0.15) is 27.8 Å². The van der Waals surface area contributed by atoms with E-state index >= 15 is 0 Å². The van der Waals surface area contributed by atoms with Crippen LogP contribution in [0.25, 0.3) is 49.2 Å². The number of aliphatic imine (C=N–C) groups is 2. The highest BCUT2D eigenvalue weighted by atomic mass is 79.9. The monoisotopic (exact) mass is 964 g/mol. The molecule has 8 aromatic rings. The second kappa shape index (κ2) is 15.7. The lowest BCUT2D eigenvalue weighted by Crippen LogP contribution is -2.39. The molecule has 312 valence electrons. The Morgan fingerprint density at radius 2 is 1.00 bits per heavy atom. The minimum Gasteiger partial charge on any atom is -0.497 e. The average Bonchev–Trinajstić information content (AvgIpc) is 4.05. The molecule has 64 heavy (non-hydrogen) atoms. The lowest BCUT2D eigenvalue weighted by atomic mass is 9.70. The molecule has 1 aromatic heterocycles. The zero-order chi connectivity index (χ0) is 43.7. The van der Waals surface area contributed by atoms with Crippen LogP contribution in [0, 0.1) is 0 Å². The predicted molar refractivity (Wildman–Crippen MR) is 262 cm³/mol. The normalized spacial score (nSPS) is 15.9. The quantitative estimate of drug-likeness (QED) is 0.152. The van der Waals surface area contributed by atoms with E-state index in [1.165, 1.54) is 0 Å². The van der Waals surface area contributed by atoms with Crippen molar-refractivity contribution in [1.82, 2.24) is 9.55 Å². The van der Waals surface area contributed by atoms with Gasteiger partial charge < -0.3 is 23.5 Å². The van der Waals surface area contributed by atoms with Crippen LogP contribution in [0.4, 0.5) is 0 Å². The van der Waals surface area contributed by atoms with Gasteiger partial charge in [0, 0.05) is 47.9 Å². The number of hydrogen-bond acceptors (Lipinski definition) is 7. The molecule has 11 rings (SSSR count). The van der Waals surface area contributed by atoms with E-state index in [9.17, 15) is 0 Å². The van der Waals surface area contributed by atoms with Crippen molar-refractivity contribution in [1.29, 1.82) is 0 Å². The van der Waals surface area contributed by atoms with Gasteiger partial charge in [0.2, 0.25) is 0 Å². The van der Waals surface area contributed by atoms with Gasteiger partial charge in [-0.1, -0.05) is 80.4 Å². The van der Waals surface area contributed by atoms with Crippen LogP contribution >= 0.6 is 31.9 Å². The van der Waals surface area contributed by atoms with Gasteiger partial charge >= 0.3 is 0 Å². The van der Waals surface area contributed by atoms with Crippen molar-refractivity contribution in [3.8, 4) is 56.9 Å². The molecular weight excluding hydrogens is 928 g/mol. The maximum Gasteiger partial charge on any atom is 0.159 e. The summed E-state index contributed by atoms with van der Waals surface area (Å²) in [6.07, 6.45) is 2.22. The second-order valence-corrected chi connectivity index (χ2v) is 17.3. The fraction of sp³-hybridized carbons (Fsp3) is 0.0926. The fourth-order valence-corrected chi connectivity index (χ4v) is 10.6. The van der Waals surface area contributed by atoms with Crippen LogP contribution in [0.5, 0.6) is 23.0 Å². The fourth-order valence-electron chi connectivity index (χ4n) is 9.46. The first kappa shape index (κ1) is 39.8. The number of nitrogens with zero attached hydrogens (tertiary/aromatic N) is 4. The molecule has 2 aliphatic heterocycles. The molecule has 3 heterocycles. The Kier molecular flexibility index (Phi) is 9.74. The molecular formula is C54H38Br2N4O4. The van der Waals surface area contributed by atoms with Crippen molar-refractivity contribution in [2.45, 2.75) is 5.54 Å². The summed E-state index contributed by atoms with van der Waals surface area (Å²) in [4.78, 5) is 16.9. The van der Waals surface area contributed by atoms with Crippen molar-refractivity contribution >= 4 is 58.5 Å². The number of allylic oxidation sites excluding steroid dienone is 2. The Hall–Kier alpha value is -7.01. The predicted octanol–water partition coefficient (Wildman–Crippen LogP) is 12.9. The summed E-state index contributed by atoms with van der Waals surface area (Å²) >= 11 is 8.09. The van der Waals surface area contributed by atoms with Crippen molar-refractivity contribution in [2.75, 3.05) is 28.4 Å². The molecule has 0 radical (unpaired) electrons. The van der Waals surface area contributed by atoms with Gasteiger partial charge in [-0.15, -0.1) is 0 Å². The smallest absolute Gasteiger partial charge is 0.159 e. The van der Waals surface area contributed by atoms with Crippen LogP contribution in [0.3, 0.4) is 0 Å². The Bertz CT molecular complexity index is 3250. The molecule has 1 aliphatic carbocycles. The Balaban J connectivity index is 1.33. The third-order valence-electron chi connectivity index (χ3n) is 12.4. The second-order valence-electron chi connectivity index (χ2n) is 15.6. The SMILES string of the molecule is COc1ccc(C2=NC(=C3C=C(Br)c4ccccc4C34c3c(cc(Br)c5ccccc35)-c3nc(-c5ccc(OC)cc5)c(-c5ccc(OC)cc5)n34)N=C2c2ccc(OC)cc2)cc1. The zero-order valence-corrected chi connectivity index (χ0v) is 38.4. The highest BCUT2D eigenvalue weighted by Crippen LogP contribution is 2.62. The summed E-state index contributed by atoms with van der Waals surface area (Å²) in [6, 6.07) is 51.8. The van der Waals surface area contributed by atoms with Crippen molar-refractivity contribution in [2.24, 2.45) is 9.98 Å². The summed E-state index contributed by atoms with van der Waals surface area (Å²) < 4.78 is 26.8. The highest BCUT2D eigenvalue weighted by molar-refractivity contribution is 9.15. The lowest BCUT2D eigenvalue weighted by Gasteiger charge is -2.41. The summed E-state index contributed by atoms with van der Waals surface area (Å²) in [6.45, 7) is 0. The van der Waals surface area contributed by atoms with E-state index in [2.05, 4.69) is 121 Å². The van der Waals surface area contributed by atoms with Gasteiger partial charge in [0.1, 0.15) is 34.4 Å².